The van der Waals surface area contributed by atoms with E-state index in [1.165, 1.54) is 17.0 Å². The normalized spacial score (nSPS) is 20.8. The molecule has 2 fully saturated rings. The van der Waals surface area contributed by atoms with E-state index in [9.17, 15) is 14.4 Å². The van der Waals surface area contributed by atoms with Gasteiger partial charge in [-0.25, -0.2) is 15.1 Å². The molecule has 10 heteroatoms. The first kappa shape index (κ1) is 19.9. The van der Waals surface area contributed by atoms with Gasteiger partial charge in [-0.3, -0.25) is 14.5 Å². The van der Waals surface area contributed by atoms with Crippen LogP contribution in [0.2, 0.25) is 0 Å². The number of hydrogen-bond donors (Lipinski definition) is 2. The van der Waals surface area contributed by atoms with Crippen LogP contribution in [0, 0.1) is 0 Å². The van der Waals surface area contributed by atoms with Crippen molar-refractivity contribution in [3.63, 3.8) is 0 Å². The average molecular weight is 392 g/mol. The van der Waals surface area contributed by atoms with E-state index in [0.717, 1.165) is 5.56 Å². The van der Waals surface area contributed by atoms with Crippen molar-refractivity contribution in [1.29, 1.82) is 0 Å². The summed E-state index contributed by atoms with van der Waals surface area (Å²) >= 11 is 0. The molecule has 1 unspecified atom stereocenters. The topological polar surface area (TPSA) is 109 Å². The Morgan fingerprint density at radius 3 is 2.71 bits per heavy atom. The largest absolute Gasteiger partial charge is 0.447 e. The first-order valence-corrected chi connectivity index (χ1v) is 9.13. The lowest BCUT2D eigenvalue weighted by Crippen LogP contribution is -2.49. The van der Waals surface area contributed by atoms with Gasteiger partial charge in [-0.05, 0) is 18.4 Å². The molecule has 0 aliphatic carbocycles. The van der Waals surface area contributed by atoms with Gasteiger partial charge in [0, 0.05) is 13.6 Å². The molecular weight excluding hydrogens is 368 g/mol. The number of hydroxylamine groups is 3. The van der Waals surface area contributed by atoms with Crippen LogP contribution in [0.25, 0.3) is 0 Å². The standard InChI is InChI=1S/C18H24N4O6/c1-19-17(24)26-9-10-27-20-16(23)15-8-7-14-11-21(15)18(25)22(14)28-12-13-5-3-2-4-6-13/h2-6,14-15H,7-12H2,1H3,(H,19,24)(H,20,23)/t14?,15-/m0/s1. The lowest BCUT2D eigenvalue weighted by molar-refractivity contribution is -0.141. The Balaban J connectivity index is 1.45. The number of nitrogens with one attached hydrogen (secondary N) is 2. The predicted octanol–water partition coefficient (Wildman–Crippen LogP) is 0.791. The van der Waals surface area contributed by atoms with Crippen molar-refractivity contribution in [2.75, 3.05) is 26.8 Å². The number of urea groups is 1. The Labute approximate surface area is 162 Å². The smallest absolute Gasteiger partial charge is 0.406 e. The van der Waals surface area contributed by atoms with Crippen LogP contribution in [-0.2, 0) is 25.8 Å². The summed E-state index contributed by atoms with van der Waals surface area (Å²) in [6, 6.07) is 8.58. The molecule has 0 spiro atoms. The van der Waals surface area contributed by atoms with E-state index >= 15 is 0 Å². The van der Waals surface area contributed by atoms with Gasteiger partial charge in [0.15, 0.2) is 0 Å². The van der Waals surface area contributed by atoms with Crippen LogP contribution in [0.5, 0.6) is 0 Å². The third kappa shape index (κ3) is 4.70. The van der Waals surface area contributed by atoms with Crippen molar-refractivity contribution in [3.8, 4) is 0 Å². The number of carbonyl (C=O) groups is 3. The fourth-order valence-corrected chi connectivity index (χ4v) is 3.23. The first-order valence-electron chi connectivity index (χ1n) is 9.13. The summed E-state index contributed by atoms with van der Waals surface area (Å²) in [5.74, 6) is -0.406. The van der Waals surface area contributed by atoms with Crippen LogP contribution < -0.4 is 10.8 Å². The van der Waals surface area contributed by atoms with E-state index in [4.69, 9.17) is 14.4 Å². The highest BCUT2D eigenvalue weighted by molar-refractivity contribution is 5.88. The summed E-state index contributed by atoms with van der Waals surface area (Å²) in [4.78, 5) is 48.2. The highest BCUT2D eigenvalue weighted by Crippen LogP contribution is 2.30. The molecule has 152 valence electrons. The van der Waals surface area contributed by atoms with Crippen LogP contribution in [0.1, 0.15) is 18.4 Å². The molecule has 2 heterocycles. The van der Waals surface area contributed by atoms with Gasteiger partial charge in [0.1, 0.15) is 25.9 Å². The maximum atomic E-state index is 12.6. The Morgan fingerprint density at radius 1 is 1.18 bits per heavy atom. The van der Waals surface area contributed by atoms with E-state index in [2.05, 4.69) is 10.8 Å². The Kier molecular flexibility index (Phi) is 6.66. The second-order valence-corrected chi connectivity index (χ2v) is 6.47. The van der Waals surface area contributed by atoms with Gasteiger partial charge in [-0.2, -0.15) is 5.06 Å². The Bertz CT molecular complexity index is 701. The van der Waals surface area contributed by atoms with E-state index < -0.39 is 18.0 Å². The predicted molar refractivity (Wildman–Crippen MR) is 96.5 cm³/mol. The quantitative estimate of drug-likeness (QED) is 0.500. The zero-order valence-corrected chi connectivity index (χ0v) is 15.6. The average Bonchev–Trinajstić information content (AvgIpc) is 2.96. The van der Waals surface area contributed by atoms with Crippen LogP contribution in [-0.4, -0.2) is 66.9 Å². The molecular formula is C18H24N4O6. The molecule has 4 amide bonds. The van der Waals surface area contributed by atoms with Crippen molar-refractivity contribution in [3.05, 3.63) is 35.9 Å². The molecule has 2 saturated heterocycles. The second-order valence-electron chi connectivity index (χ2n) is 6.47. The maximum absolute atomic E-state index is 12.6. The molecule has 1 aromatic rings. The molecule has 3 rings (SSSR count). The summed E-state index contributed by atoms with van der Waals surface area (Å²) in [6.07, 6.45) is 0.604. The van der Waals surface area contributed by atoms with Gasteiger partial charge >= 0.3 is 12.1 Å². The van der Waals surface area contributed by atoms with Crippen molar-refractivity contribution in [2.24, 2.45) is 0 Å². The zero-order valence-electron chi connectivity index (χ0n) is 15.6. The van der Waals surface area contributed by atoms with Crippen molar-refractivity contribution >= 4 is 18.0 Å². The number of rotatable bonds is 8. The molecule has 10 nitrogen and oxygen atoms in total. The number of nitrogens with zero attached hydrogens (tertiary/aromatic N) is 2. The van der Waals surface area contributed by atoms with Crippen molar-refractivity contribution < 1.29 is 28.8 Å². The van der Waals surface area contributed by atoms with Crippen LogP contribution in [0.4, 0.5) is 9.59 Å². The van der Waals surface area contributed by atoms with Gasteiger partial charge in [-0.1, -0.05) is 30.3 Å². The molecule has 0 radical (unpaired) electrons. The molecule has 2 N–H and O–H groups in total. The van der Waals surface area contributed by atoms with Gasteiger partial charge in [0.2, 0.25) is 0 Å². The molecule has 1 aromatic carbocycles. The van der Waals surface area contributed by atoms with Gasteiger partial charge in [-0.15, -0.1) is 0 Å². The number of ether oxygens (including phenoxy) is 1. The third-order valence-electron chi connectivity index (χ3n) is 4.63. The Hall–Kier alpha value is -2.85. The number of benzene rings is 1. The lowest BCUT2D eigenvalue weighted by Gasteiger charge is -2.28. The Morgan fingerprint density at radius 2 is 1.96 bits per heavy atom. The number of carbonyl (C=O) groups excluding carboxylic acids is 3. The highest BCUT2D eigenvalue weighted by atomic mass is 16.7. The van der Waals surface area contributed by atoms with Gasteiger partial charge < -0.3 is 15.0 Å². The molecule has 2 aliphatic rings. The van der Waals surface area contributed by atoms with E-state index in [1.54, 1.807) is 0 Å². The third-order valence-corrected chi connectivity index (χ3v) is 4.63. The second kappa shape index (κ2) is 9.38. The number of amides is 4. The molecule has 0 aromatic heterocycles. The van der Waals surface area contributed by atoms with Crippen molar-refractivity contribution in [1.82, 2.24) is 20.8 Å². The summed E-state index contributed by atoms with van der Waals surface area (Å²) in [6.45, 7) is 0.735. The fraction of sp³-hybridized carbons (Fsp3) is 0.500. The summed E-state index contributed by atoms with van der Waals surface area (Å²) in [7, 11) is 1.45. The highest BCUT2D eigenvalue weighted by Gasteiger charge is 2.48. The molecule has 0 saturated carbocycles. The van der Waals surface area contributed by atoms with Crippen LogP contribution in [0.3, 0.4) is 0 Å². The van der Waals surface area contributed by atoms with Crippen LogP contribution in [0.15, 0.2) is 30.3 Å². The van der Waals surface area contributed by atoms with E-state index in [1.807, 2.05) is 30.3 Å². The number of hydrogen-bond acceptors (Lipinski definition) is 6. The molecule has 2 aliphatic heterocycles. The van der Waals surface area contributed by atoms with Gasteiger partial charge in [0.25, 0.3) is 5.91 Å². The number of alkyl carbamates (subject to hydrolysis) is 1. The van der Waals surface area contributed by atoms with Crippen molar-refractivity contribution in [2.45, 2.75) is 31.5 Å². The SMILES string of the molecule is CNC(=O)OCCONC(=O)[C@@H]1CCC2CN1C(=O)N2OCc1ccccc1. The van der Waals surface area contributed by atoms with Crippen LogP contribution >= 0.6 is 0 Å². The molecule has 2 atom stereocenters. The first-order chi connectivity index (χ1) is 13.6. The maximum Gasteiger partial charge on any atom is 0.406 e. The summed E-state index contributed by atoms with van der Waals surface area (Å²) in [5.41, 5.74) is 3.28. The minimum Gasteiger partial charge on any atom is -0.447 e. The lowest BCUT2D eigenvalue weighted by atomic mass is 10.0. The number of fused-ring (bicyclic) bond motifs is 2. The monoisotopic (exact) mass is 392 g/mol. The molecule has 2 bridgehead atoms. The minimum absolute atomic E-state index is 0.00353. The minimum atomic E-state index is -0.617. The van der Waals surface area contributed by atoms with Gasteiger partial charge in [0.05, 0.1) is 6.04 Å². The fourth-order valence-electron chi connectivity index (χ4n) is 3.23. The van der Waals surface area contributed by atoms with E-state index in [0.29, 0.717) is 26.0 Å². The molecule has 28 heavy (non-hydrogen) atoms. The number of piperidine rings is 1. The summed E-state index contributed by atoms with van der Waals surface area (Å²) in [5, 5.41) is 3.67. The van der Waals surface area contributed by atoms with E-state index in [-0.39, 0.29) is 25.3 Å². The zero-order chi connectivity index (χ0) is 19.9. The summed E-state index contributed by atoms with van der Waals surface area (Å²) < 4.78 is 4.75.